The van der Waals surface area contributed by atoms with E-state index in [1.54, 1.807) is 18.4 Å². The van der Waals surface area contributed by atoms with Crippen molar-refractivity contribution in [3.63, 3.8) is 0 Å². The van der Waals surface area contributed by atoms with Crippen LogP contribution in [-0.4, -0.2) is 54.2 Å². The Balaban J connectivity index is 2.64. The lowest BCUT2D eigenvalue weighted by atomic mass is 10.2. The molecule has 1 aromatic carbocycles. The molecule has 0 fully saturated rings. The highest BCUT2D eigenvalue weighted by Crippen LogP contribution is 2.22. The van der Waals surface area contributed by atoms with Gasteiger partial charge in [0.2, 0.25) is 0 Å². The largest absolute Gasteiger partial charge is 0.465 e. The van der Waals surface area contributed by atoms with Crippen molar-refractivity contribution in [2.75, 3.05) is 27.5 Å². The van der Waals surface area contributed by atoms with Crippen molar-refractivity contribution in [2.45, 2.75) is 0 Å². The Labute approximate surface area is 159 Å². The van der Waals surface area contributed by atoms with E-state index in [4.69, 9.17) is 9.57 Å². The smallest absolute Gasteiger partial charge is 0.445 e. The summed E-state index contributed by atoms with van der Waals surface area (Å²) < 4.78 is 11.9. The normalized spacial score (nSPS) is 9.69. The topological polar surface area (TPSA) is 97.4 Å². The fourth-order valence-corrected chi connectivity index (χ4v) is 2.15. The van der Waals surface area contributed by atoms with Gasteiger partial charge in [0.1, 0.15) is 11.3 Å². The SMILES string of the molecule is C=C(NOC(=O)N(C)SN(C)C(=O)Oc1ccccc1C(=O)OC)SC. The summed E-state index contributed by atoms with van der Waals surface area (Å²) in [6.07, 6.45) is 0.213. The number of rotatable bonds is 7. The first-order valence-electron chi connectivity index (χ1n) is 7.04. The molecule has 0 saturated carbocycles. The van der Waals surface area contributed by atoms with Gasteiger partial charge in [-0.05, 0) is 18.4 Å². The van der Waals surface area contributed by atoms with Crippen molar-refractivity contribution >= 4 is 42.1 Å². The zero-order valence-corrected chi connectivity index (χ0v) is 16.3. The molecule has 1 rings (SSSR count). The van der Waals surface area contributed by atoms with E-state index in [1.807, 2.05) is 0 Å². The number of methoxy groups -OCH3 is 1. The average Bonchev–Trinajstić information content (AvgIpc) is 2.65. The van der Waals surface area contributed by atoms with E-state index in [0.29, 0.717) is 5.03 Å². The lowest BCUT2D eigenvalue weighted by molar-refractivity contribution is 0.0597. The van der Waals surface area contributed by atoms with Crippen molar-refractivity contribution < 1.29 is 28.7 Å². The van der Waals surface area contributed by atoms with Gasteiger partial charge in [-0.25, -0.2) is 28.5 Å². The molecule has 0 aromatic heterocycles. The number of amides is 2. The quantitative estimate of drug-likeness (QED) is 0.420. The molecule has 1 aromatic rings. The molecule has 0 saturated heterocycles. The number of nitrogens with zero attached hydrogens (tertiary/aromatic N) is 2. The van der Waals surface area contributed by atoms with E-state index in [2.05, 4.69) is 16.8 Å². The van der Waals surface area contributed by atoms with Gasteiger partial charge in [-0.3, -0.25) is 0 Å². The molecule has 9 nitrogen and oxygen atoms in total. The van der Waals surface area contributed by atoms with Gasteiger partial charge in [-0.2, -0.15) is 0 Å². The standard InChI is InChI=1S/C15H19N3O6S2/c1-10(25-5)16-24-15(21)18(3)26-17(2)14(20)23-12-9-7-6-8-11(12)13(19)22-4/h6-9,16H,1H2,2-5H3. The second-order valence-corrected chi connectivity index (χ2v) is 6.69. The Morgan fingerprint density at radius 2 is 1.73 bits per heavy atom. The van der Waals surface area contributed by atoms with E-state index >= 15 is 0 Å². The van der Waals surface area contributed by atoms with Gasteiger partial charge in [0.05, 0.1) is 24.3 Å². The maximum atomic E-state index is 12.2. The number of hydrogen-bond donors (Lipinski definition) is 1. The highest BCUT2D eigenvalue weighted by molar-refractivity contribution is 8.02. The molecule has 142 valence electrons. The summed E-state index contributed by atoms with van der Waals surface area (Å²) >= 11 is 2.01. The summed E-state index contributed by atoms with van der Waals surface area (Å²) in [5.41, 5.74) is 2.47. The molecule has 0 aliphatic heterocycles. The zero-order chi connectivity index (χ0) is 19.7. The molecule has 1 N–H and O–H groups in total. The molecule has 0 aliphatic rings. The van der Waals surface area contributed by atoms with Crippen LogP contribution in [0.4, 0.5) is 9.59 Å². The van der Waals surface area contributed by atoms with Crippen molar-refractivity contribution in [1.29, 1.82) is 0 Å². The second-order valence-electron chi connectivity index (χ2n) is 4.53. The highest BCUT2D eigenvalue weighted by Gasteiger charge is 2.22. The Bertz CT molecular complexity index is 685. The molecule has 0 bridgehead atoms. The second kappa shape index (κ2) is 10.5. The van der Waals surface area contributed by atoms with Crippen LogP contribution < -0.4 is 10.2 Å². The summed E-state index contributed by atoms with van der Waals surface area (Å²) in [5.74, 6) is -0.593. The summed E-state index contributed by atoms with van der Waals surface area (Å²) in [7, 11) is 4.03. The van der Waals surface area contributed by atoms with Crippen molar-refractivity contribution in [2.24, 2.45) is 0 Å². The Morgan fingerprint density at radius 1 is 1.12 bits per heavy atom. The predicted molar refractivity (Wildman–Crippen MR) is 99.2 cm³/mol. The van der Waals surface area contributed by atoms with Gasteiger partial charge in [0, 0.05) is 14.1 Å². The molecule has 0 unspecified atom stereocenters. The van der Waals surface area contributed by atoms with Gasteiger partial charge in [-0.15, -0.1) is 11.8 Å². The van der Waals surface area contributed by atoms with E-state index in [0.717, 1.165) is 20.7 Å². The average molecular weight is 401 g/mol. The fraction of sp³-hybridized carbons (Fsp3) is 0.267. The lowest BCUT2D eigenvalue weighted by Crippen LogP contribution is -2.33. The number of esters is 1. The number of para-hydroxylation sites is 1. The molecule has 0 radical (unpaired) electrons. The van der Waals surface area contributed by atoms with E-state index in [1.165, 1.54) is 45.1 Å². The van der Waals surface area contributed by atoms with Crippen LogP contribution in [0.2, 0.25) is 0 Å². The number of ether oxygens (including phenoxy) is 2. The summed E-state index contributed by atoms with van der Waals surface area (Å²) in [6.45, 7) is 3.60. The zero-order valence-electron chi connectivity index (χ0n) is 14.7. The Morgan fingerprint density at radius 3 is 2.35 bits per heavy atom. The Hall–Kier alpha value is -2.53. The number of benzene rings is 1. The summed E-state index contributed by atoms with van der Waals surface area (Å²) in [4.78, 5) is 40.4. The molecule has 0 atom stereocenters. The fourth-order valence-electron chi connectivity index (χ4n) is 1.45. The van der Waals surface area contributed by atoms with Gasteiger partial charge < -0.3 is 14.3 Å². The first-order valence-corrected chi connectivity index (χ1v) is 9.00. The van der Waals surface area contributed by atoms with Crippen LogP contribution in [0.3, 0.4) is 0 Å². The molecule has 26 heavy (non-hydrogen) atoms. The monoisotopic (exact) mass is 401 g/mol. The maximum absolute atomic E-state index is 12.2. The molecular weight excluding hydrogens is 382 g/mol. The maximum Gasteiger partial charge on any atom is 0.445 e. The molecule has 11 heteroatoms. The van der Waals surface area contributed by atoms with Gasteiger partial charge in [-0.1, -0.05) is 18.7 Å². The van der Waals surface area contributed by atoms with Crippen molar-refractivity contribution in [3.05, 3.63) is 41.4 Å². The molecular formula is C15H19N3O6S2. The van der Waals surface area contributed by atoms with Crippen LogP contribution in [0, 0.1) is 0 Å². The summed E-state index contributed by atoms with van der Waals surface area (Å²) in [5, 5.41) is 0.448. The van der Waals surface area contributed by atoms with Crippen LogP contribution in [0.1, 0.15) is 10.4 Å². The first-order chi connectivity index (χ1) is 12.3. The van der Waals surface area contributed by atoms with Gasteiger partial charge >= 0.3 is 18.2 Å². The minimum atomic E-state index is -0.799. The van der Waals surface area contributed by atoms with E-state index in [-0.39, 0.29) is 11.3 Å². The number of hydroxylamine groups is 1. The molecule has 0 spiro atoms. The number of carbonyl (C=O) groups excluding carboxylic acids is 3. The van der Waals surface area contributed by atoms with Gasteiger partial charge in [0.15, 0.2) is 0 Å². The molecule has 0 heterocycles. The van der Waals surface area contributed by atoms with Crippen LogP contribution in [0.5, 0.6) is 5.75 Å². The van der Waals surface area contributed by atoms with Crippen LogP contribution >= 0.6 is 23.9 Å². The third-order valence-corrected chi connectivity index (χ3v) is 4.11. The van der Waals surface area contributed by atoms with E-state index in [9.17, 15) is 14.4 Å². The van der Waals surface area contributed by atoms with Crippen LogP contribution in [0.15, 0.2) is 35.9 Å². The summed E-state index contributed by atoms with van der Waals surface area (Å²) in [6, 6.07) is 6.14. The number of nitrogens with one attached hydrogen (secondary N) is 1. The van der Waals surface area contributed by atoms with Crippen LogP contribution in [-0.2, 0) is 9.57 Å². The minimum absolute atomic E-state index is 0.0416. The third kappa shape index (κ3) is 6.41. The predicted octanol–water partition coefficient (Wildman–Crippen LogP) is 2.87. The van der Waals surface area contributed by atoms with Gasteiger partial charge in [0.25, 0.3) is 0 Å². The Kier molecular flexibility index (Phi) is 8.65. The van der Waals surface area contributed by atoms with Crippen molar-refractivity contribution in [3.8, 4) is 5.75 Å². The van der Waals surface area contributed by atoms with Crippen molar-refractivity contribution in [1.82, 2.24) is 14.1 Å². The third-order valence-electron chi connectivity index (χ3n) is 2.75. The molecule has 2 amide bonds. The first kappa shape index (κ1) is 21.5. The molecule has 0 aliphatic carbocycles. The number of hydrogen-bond acceptors (Lipinski definition) is 9. The van der Waals surface area contributed by atoms with Crippen LogP contribution in [0.25, 0.3) is 0 Å². The lowest BCUT2D eigenvalue weighted by Gasteiger charge is -2.21. The van der Waals surface area contributed by atoms with E-state index < -0.39 is 18.2 Å². The highest BCUT2D eigenvalue weighted by atomic mass is 32.2. The number of thioether (sulfide) groups is 1. The minimum Gasteiger partial charge on any atom is -0.465 e. The number of carbonyl (C=O) groups is 3.